The van der Waals surface area contributed by atoms with Crippen LogP contribution in [0, 0.1) is 11.3 Å². The van der Waals surface area contributed by atoms with Gasteiger partial charge in [0.15, 0.2) is 0 Å². The van der Waals surface area contributed by atoms with Crippen molar-refractivity contribution in [1.29, 1.82) is 5.26 Å². The highest BCUT2D eigenvalue weighted by Gasteiger charge is 2.23. The fourth-order valence-electron chi connectivity index (χ4n) is 3.70. The number of nitrogens with one attached hydrogen (secondary N) is 1. The highest BCUT2D eigenvalue weighted by Crippen LogP contribution is 2.32. The number of nitriles is 1. The van der Waals surface area contributed by atoms with Gasteiger partial charge >= 0.3 is 0 Å². The van der Waals surface area contributed by atoms with Crippen molar-refractivity contribution in [1.82, 2.24) is 4.98 Å². The minimum Gasteiger partial charge on any atom is -0.497 e. The van der Waals surface area contributed by atoms with Crippen LogP contribution in [0.25, 0.3) is 0 Å². The van der Waals surface area contributed by atoms with Crippen molar-refractivity contribution < 1.29 is 14.3 Å². The van der Waals surface area contributed by atoms with Gasteiger partial charge < -0.3 is 14.8 Å². The van der Waals surface area contributed by atoms with Crippen molar-refractivity contribution in [2.45, 2.75) is 62.1 Å². The van der Waals surface area contributed by atoms with Gasteiger partial charge in [-0.25, -0.2) is 4.98 Å². The van der Waals surface area contributed by atoms with Crippen LogP contribution in [0.15, 0.2) is 29.3 Å². The summed E-state index contributed by atoms with van der Waals surface area (Å²) in [7, 11) is 3.14. The number of amides is 1. The first-order chi connectivity index (χ1) is 15.1. The maximum atomic E-state index is 13.0. The molecule has 1 heterocycles. The molecule has 0 saturated heterocycles. The fraction of sp³-hybridized carbons (Fsp3) is 0.458. The Morgan fingerprint density at radius 1 is 1.13 bits per heavy atom. The van der Waals surface area contributed by atoms with Crippen LogP contribution in [0.5, 0.6) is 11.5 Å². The number of fused-ring (bicyclic) bond motifs is 1. The van der Waals surface area contributed by atoms with Crippen molar-refractivity contribution in [3.63, 3.8) is 0 Å². The zero-order chi connectivity index (χ0) is 22.2. The number of anilines is 1. The van der Waals surface area contributed by atoms with Gasteiger partial charge in [-0.2, -0.15) is 5.26 Å². The number of rotatable bonds is 7. The molecule has 2 aromatic rings. The number of benzene rings is 1. The van der Waals surface area contributed by atoms with E-state index < -0.39 is 0 Å². The van der Waals surface area contributed by atoms with Crippen LogP contribution in [-0.2, 0) is 17.6 Å². The molecule has 1 atom stereocenters. The number of thioether (sulfide) groups is 1. The van der Waals surface area contributed by atoms with Crippen molar-refractivity contribution in [2.24, 2.45) is 0 Å². The number of carbonyl (C=O) groups excluding carboxylic acids is 1. The monoisotopic (exact) mass is 439 g/mol. The third kappa shape index (κ3) is 5.92. The molecule has 0 spiro atoms. The molecule has 1 amide bonds. The molecule has 1 aromatic heterocycles. The van der Waals surface area contributed by atoms with E-state index in [1.54, 1.807) is 32.4 Å². The lowest BCUT2D eigenvalue weighted by Gasteiger charge is -2.18. The van der Waals surface area contributed by atoms with Crippen LogP contribution >= 0.6 is 11.8 Å². The average molecular weight is 440 g/mol. The number of carbonyl (C=O) groups is 1. The van der Waals surface area contributed by atoms with Crippen LogP contribution in [0.4, 0.5) is 5.69 Å². The molecule has 3 rings (SSSR count). The molecule has 1 unspecified atom stereocenters. The minimum atomic E-state index is -0.372. The Morgan fingerprint density at radius 3 is 2.42 bits per heavy atom. The number of hydrogen-bond acceptors (Lipinski definition) is 6. The Labute approximate surface area is 188 Å². The number of nitrogens with zero attached hydrogens (tertiary/aromatic N) is 2. The lowest BCUT2D eigenvalue weighted by Crippen LogP contribution is -2.25. The predicted octanol–water partition coefficient (Wildman–Crippen LogP) is 5.14. The molecule has 0 fully saturated rings. The lowest BCUT2D eigenvalue weighted by molar-refractivity contribution is -0.115. The molecule has 0 aliphatic heterocycles. The van der Waals surface area contributed by atoms with E-state index >= 15 is 0 Å². The van der Waals surface area contributed by atoms with E-state index in [2.05, 4.69) is 11.4 Å². The first-order valence-corrected chi connectivity index (χ1v) is 11.6. The molecule has 6 nitrogen and oxygen atoms in total. The SMILES string of the molecule is CCC(Sc1nc2c(cc1C#N)CCCCCC2)C(=O)Nc1cc(OC)cc(OC)c1. The van der Waals surface area contributed by atoms with Crippen molar-refractivity contribution in [3.8, 4) is 17.6 Å². The zero-order valence-corrected chi connectivity index (χ0v) is 19.2. The van der Waals surface area contributed by atoms with E-state index in [-0.39, 0.29) is 11.2 Å². The van der Waals surface area contributed by atoms with Gasteiger partial charge in [0.1, 0.15) is 22.6 Å². The third-order valence-corrected chi connectivity index (χ3v) is 6.79. The summed E-state index contributed by atoms with van der Waals surface area (Å²) < 4.78 is 10.6. The normalized spacial score (nSPS) is 14.4. The van der Waals surface area contributed by atoms with Crippen LogP contribution in [-0.4, -0.2) is 30.4 Å². The Morgan fingerprint density at radius 2 is 1.81 bits per heavy atom. The van der Waals surface area contributed by atoms with Gasteiger partial charge in [-0.05, 0) is 43.7 Å². The highest BCUT2D eigenvalue weighted by atomic mass is 32.2. The Balaban J connectivity index is 1.81. The lowest BCUT2D eigenvalue weighted by atomic mass is 9.96. The summed E-state index contributed by atoms with van der Waals surface area (Å²) in [4.78, 5) is 17.9. The summed E-state index contributed by atoms with van der Waals surface area (Å²) in [5.41, 5.74) is 3.42. The maximum Gasteiger partial charge on any atom is 0.237 e. The van der Waals surface area contributed by atoms with E-state index in [1.807, 2.05) is 13.0 Å². The van der Waals surface area contributed by atoms with Gasteiger partial charge in [-0.1, -0.05) is 31.5 Å². The summed E-state index contributed by atoms with van der Waals surface area (Å²) in [6.45, 7) is 1.96. The van der Waals surface area contributed by atoms with E-state index in [0.717, 1.165) is 31.4 Å². The molecule has 1 N–H and O–H groups in total. The van der Waals surface area contributed by atoms with Gasteiger partial charge in [-0.3, -0.25) is 4.79 Å². The van der Waals surface area contributed by atoms with Crippen LogP contribution < -0.4 is 14.8 Å². The third-order valence-electron chi connectivity index (χ3n) is 5.42. The van der Waals surface area contributed by atoms with Crippen LogP contribution in [0.3, 0.4) is 0 Å². The average Bonchev–Trinajstić information content (AvgIpc) is 2.77. The smallest absolute Gasteiger partial charge is 0.237 e. The molecule has 7 heteroatoms. The quantitative estimate of drug-likeness (QED) is 0.602. The van der Waals surface area contributed by atoms with E-state index in [1.165, 1.54) is 30.2 Å². The second-order valence-corrected chi connectivity index (χ2v) is 8.77. The summed E-state index contributed by atoms with van der Waals surface area (Å²) >= 11 is 1.36. The van der Waals surface area contributed by atoms with Crippen molar-refractivity contribution in [2.75, 3.05) is 19.5 Å². The van der Waals surface area contributed by atoms with Crippen LogP contribution in [0.1, 0.15) is 55.8 Å². The second kappa shape index (κ2) is 11.1. The van der Waals surface area contributed by atoms with E-state index in [4.69, 9.17) is 14.5 Å². The van der Waals surface area contributed by atoms with Crippen LogP contribution in [0.2, 0.25) is 0 Å². The maximum absolute atomic E-state index is 13.0. The molecule has 1 aromatic carbocycles. The van der Waals surface area contributed by atoms with Gasteiger partial charge in [0.05, 0.1) is 25.0 Å². The summed E-state index contributed by atoms with van der Waals surface area (Å²) in [6.07, 6.45) is 7.21. The molecule has 0 saturated carbocycles. The number of aromatic nitrogens is 1. The van der Waals surface area contributed by atoms with Gasteiger partial charge in [-0.15, -0.1) is 0 Å². The first-order valence-electron chi connectivity index (χ1n) is 10.7. The van der Waals surface area contributed by atoms with Gasteiger partial charge in [0.2, 0.25) is 5.91 Å². The van der Waals surface area contributed by atoms with Gasteiger partial charge in [0, 0.05) is 29.6 Å². The summed E-state index contributed by atoms with van der Waals surface area (Å²) in [6, 6.07) is 9.52. The molecule has 0 radical (unpaired) electrons. The molecular formula is C24H29N3O3S. The van der Waals surface area contributed by atoms with Gasteiger partial charge in [0.25, 0.3) is 0 Å². The van der Waals surface area contributed by atoms with Crippen molar-refractivity contribution >= 4 is 23.4 Å². The molecular weight excluding hydrogens is 410 g/mol. The van der Waals surface area contributed by atoms with Crippen molar-refractivity contribution in [3.05, 3.63) is 41.1 Å². The Hall–Kier alpha value is -2.72. The molecule has 1 aliphatic carbocycles. The molecule has 164 valence electrons. The Kier molecular flexibility index (Phi) is 8.19. The first kappa shape index (κ1) is 23.0. The summed E-state index contributed by atoms with van der Waals surface area (Å²) in [5, 5.41) is 12.9. The predicted molar refractivity (Wildman–Crippen MR) is 123 cm³/mol. The molecule has 0 bridgehead atoms. The fourth-order valence-corrected chi connectivity index (χ4v) is 4.69. The number of hydrogen-bond donors (Lipinski definition) is 1. The number of methoxy groups -OCH3 is 2. The van der Waals surface area contributed by atoms with E-state index in [0.29, 0.717) is 34.2 Å². The standard InChI is InChI=1S/C24H29N3O3S/c1-4-22(23(28)26-18-12-19(29-2)14-20(13-18)30-3)31-24-17(15-25)11-16-9-7-5-6-8-10-21(16)27-24/h11-14,22H,4-10H2,1-3H3,(H,26,28). The zero-order valence-electron chi connectivity index (χ0n) is 18.4. The Bertz CT molecular complexity index is 949. The number of aryl methyl sites for hydroxylation is 2. The largest absolute Gasteiger partial charge is 0.497 e. The molecule has 1 aliphatic rings. The topological polar surface area (TPSA) is 84.2 Å². The molecule has 31 heavy (non-hydrogen) atoms. The minimum absolute atomic E-state index is 0.139. The van der Waals surface area contributed by atoms with E-state index in [9.17, 15) is 10.1 Å². The number of ether oxygens (including phenoxy) is 2. The highest BCUT2D eigenvalue weighted by molar-refractivity contribution is 8.00. The second-order valence-electron chi connectivity index (χ2n) is 7.58. The summed E-state index contributed by atoms with van der Waals surface area (Å²) in [5.74, 6) is 1.07. The number of pyridine rings is 1.